The van der Waals surface area contributed by atoms with Gasteiger partial charge in [-0.2, -0.15) is 0 Å². The van der Waals surface area contributed by atoms with Crippen molar-refractivity contribution in [2.24, 2.45) is 0 Å². The molecular formula is C37H26KP. The van der Waals surface area contributed by atoms with Crippen LogP contribution < -0.4 is 83.2 Å². The minimum Gasteiger partial charge on any atom is 1.00 e. The van der Waals surface area contributed by atoms with Crippen molar-refractivity contribution in [3.63, 3.8) is 0 Å². The fourth-order valence-electron chi connectivity index (χ4n) is 9.22. The van der Waals surface area contributed by atoms with Crippen LogP contribution in [0.5, 0.6) is 0 Å². The first-order valence-electron chi connectivity index (χ1n) is 13.5. The molecule has 0 nitrogen and oxygen atoms in total. The maximum absolute atomic E-state index is 4.37. The van der Waals surface area contributed by atoms with Crippen LogP contribution in [0.15, 0.2) is 140 Å². The molecule has 0 saturated heterocycles. The van der Waals surface area contributed by atoms with E-state index in [1.165, 1.54) is 70.8 Å². The van der Waals surface area contributed by atoms with Gasteiger partial charge in [0.25, 0.3) is 0 Å². The van der Waals surface area contributed by atoms with Crippen LogP contribution in [-0.2, 0) is 0 Å². The van der Waals surface area contributed by atoms with E-state index < -0.39 is 5.94 Å². The Kier molecular flexibility index (Phi) is 4.69. The Morgan fingerprint density at radius 1 is 0.333 bits per heavy atom. The van der Waals surface area contributed by atoms with Gasteiger partial charge in [-0.05, 0) is 0 Å². The zero-order valence-electron chi connectivity index (χ0n) is 22.2. The average Bonchev–Trinajstić information content (AvgIpc) is 3.49. The summed E-state index contributed by atoms with van der Waals surface area (Å²) in [7, 11) is 0. The van der Waals surface area contributed by atoms with Crippen LogP contribution in [0, 0.1) is 6.92 Å². The Hall–Kier alpha value is -2.61. The van der Waals surface area contributed by atoms with Gasteiger partial charge in [0.2, 0.25) is 0 Å². The minimum absolute atomic E-state index is 0. The number of benzene rings is 6. The van der Waals surface area contributed by atoms with Gasteiger partial charge in [-0.15, -0.1) is 0 Å². The normalized spacial score (nSPS) is 18.2. The number of rotatable bonds is 0. The molecule has 0 atom stereocenters. The van der Waals surface area contributed by atoms with Crippen LogP contribution >= 0.6 is 5.94 Å². The summed E-state index contributed by atoms with van der Waals surface area (Å²) in [4.78, 5) is 0. The smallest absolute Gasteiger partial charge is 1.00 e. The molecule has 0 N–H and O–H groups in total. The zero-order chi connectivity index (χ0) is 25.2. The summed E-state index contributed by atoms with van der Waals surface area (Å²) in [5.74, 6) is -4.37. The van der Waals surface area contributed by atoms with E-state index in [-0.39, 0.29) is 51.4 Å². The topological polar surface area (TPSA) is 0 Å². The first kappa shape index (κ1) is 24.2. The van der Waals surface area contributed by atoms with Gasteiger partial charge in [-0.1, -0.05) is 0 Å². The number of hydrogen-bond acceptors (Lipinski definition) is 0. The van der Waals surface area contributed by atoms with Gasteiger partial charge in [0.05, 0.1) is 0 Å². The molecule has 0 amide bonds. The van der Waals surface area contributed by atoms with Crippen molar-refractivity contribution in [3.8, 4) is 33.4 Å². The van der Waals surface area contributed by atoms with Gasteiger partial charge in [-0.3, -0.25) is 0 Å². The molecule has 6 aromatic carbocycles. The van der Waals surface area contributed by atoms with E-state index in [9.17, 15) is 0 Å². The van der Waals surface area contributed by atoms with Crippen molar-refractivity contribution < 1.29 is 51.4 Å². The molecule has 0 aliphatic carbocycles. The number of hydrogen-bond donors (Lipinski definition) is 0. The van der Waals surface area contributed by atoms with Gasteiger partial charge in [0, 0.05) is 0 Å². The third-order valence-electron chi connectivity index (χ3n) is 10.2. The Morgan fingerprint density at radius 2 is 0.615 bits per heavy atom. The third-order valence-corrected chi connectivity index (χ3v) is 19.7. The Labute approximate surface area is 271 Å². The largest absolute Gasteiger partial charge is 1.00 e. The van der Waals surface area contributed by atoms with Gasteiger partial charge in [0.1, 0.15) is 0 Å². The van der Waals surface area contributed by atoms with Gasteiger partial charge < -0.3 is 0 Å². The fourth-order valence-corrected chi connectivity index (χ4v) is 20.7. The molecular weight excluding hydrogens is 514 g/mol. The molecule has 1 spiro atoms. The average molecular weight is 541 g/mol. The summed E-state index contributed by atoms with van der Waals surface area (Å²) < 4.78 is 0. The predicted molar refractivity (Wildman–Crippen MR) is 165 cm³/mol. The van der Waals surface area contributed by atoms with E-state index >= 15 is 0 Å². The van der Waals surface area contributed by atoms with E-state index in [1.54, 1.807) is 0 Å². The molecule has 6 aromatic rings. The molecule has 9 rings (SSSR count). The maximum atomic E-state index is 2.54. The van der Waals surface area contributed by atoms with Gasteiger partial charge in [-0.25, -0.2) is 0 Å². The van der Waals surface area contributed by atoms with Crippen LogP contribution in [0.1, 0.15) is 5.56 Å². The van der Waals surface area contributed by atoms with Crippen LogP contribution in [-0.4, -0.2) is 0 Å². The van der Waals surface area contributed by atoms with Crippen LogP contribution in [0.2, 0.25) is 0 Å². The summed E-state index contributed by atoms with van der Waals surface area (Å²) in [5, 5.41) is 8.89. The second-order valence-corrected chi connectivity index (χ2v) is 17.5. The molecule has 3 aliphatic heterocycles. The zero-order valence-corrected chi connectivity index (χ0v) is 26.2. The molecule has 0 fully saturated rings. The first-order valence-corrected chi connectivity index (χ1v) is 16.1. The summed E-state index contributed by atoms with van der Waals surface area (Å²) in [5.41, 5.74) is 9.53. The molecule has 0 aromatic heterocycles. The van der Waals surface area contributed by atoms with Crippen molar-refractivity contribution in [2.75, 3.05) is 0 Å². The SMILES string of the molecule is Cc1ccc2c(c1)[P-]13(c4ccccc4-c4ccccc41)(c1ccccc1-c1ccccc13)c1ccccc1-2.[K+]. The van der Waals surface area contributed by atoms with Crippen LogP contribution in [0.25, 0.3) is 33.4 Å². The van der Waals surface area contributed by atoms with Gasteiger partial charge in [0.15, 0.2) is 0 Å². The van der Waals surface area contributed by atoms with Crippen molar-refractivity contribution in [1.29, 1.82) is 0 Å². The van der Waals surface area contributed by atoms with E-state index in [0.29, 0.717) is 0 Å². The molecule has 0 bridgehead atoms. The minimum atomic E-state index is -4.37. The summed E-state index contributed by atoms with van der Waals surface area (Å²) in [6.07, 6.45) is 0. The third kappa shape index (κ3) is 2.09. The molecule has 3 aliphatic rings. The molecule has 39 heavy (non-hydrogen) atoms. The monoisotopic (exact) mass is 540 g/mol. The second kappa shape index (κ2) is 7.56. The standard InChI is InChI=1S/C37H26P.K/c1-25-22-23-31-30-16-6-11-21-36(30)38(37(31)24-25,32-17-7-2-12-26(32)27-13-3-8-18-33(27)38)34-19-9-4-14-28(34)29-15-5-10-20-35(29)38;/h2-24H,1H3;/q-1;+1. The number of fused-ring (bicyclic) bond motifs is 9. The summed E-state index contributed by atoms with van der Waals surface area (Å²) in [6, 6.07) is 53.9. The summed E-state index contributed by atoms with van der Waals surface area (Å²) in [6.45, 7) is 2.26. The van der Waals surface area contributed by atoms with E-state index in [4.69, 9.17) is 0 Å². The molecule has 0 saturated carbocycles. The molecule has 180 valence electrons. The first-order chi connectivity index (χ1) is 18.7. The molecule has 0 radical (unpaired) electrons. The van der Waals surface area contributed by atoms with E-state index in [0.717, 1.165) is 0 Å². The van der Waals surface area contributed by atoms with Crippen LogP contribution in [0.4, 0.5) is 0 Å². The maximum Gasteiger partial charge on any atom is 1.00 e. The van der Waals surface area contributed by atoms with E-state index in [2.05, 4.69) is 146 Å². The van der Waals surface area contributed by atoms with Crippen molar-refractivity contribution >= 4 is 37.8 Å². The van der Waals surface area contributed by atoms with Crippen molar-refractivity contribution in [3.05, 3.63) is 145 Å². The molecule has 0 unspecified atom stereocenters. The van der Waals surface area contributed by atoms with Gasteiger partial charge >= 0.3 is 275 Å². The quantitative estimate of drug-likeness (QED) is 0.205. The van der Waals surface area contributed by atoms with Crippen LogP contribution in [0.3, 0.4) is 0 Å². The Balaban J connectivity index is 0.00000235. The van der Waals surface area contributed by atoms with Crippen molar-refractivity contribution in [2.45, 2.75) is 6.92 Å². The fraction of sp³-hybridized carbons (Fsp3) is 0.0270. The Morgan fingerprint density at radius 3 is 0.949 bits per heavy atom. The predicted octanol–water partition coefficient (Wildman–Crippen LogP) is 3.28. The molecule has 3 heterocycles. The summed E-state index contributed by atoms with van der Waals surface area (Å²) >= 11 is 0. The Bertz CT molecular complexity index is 1820. The van der Waals surface area contributed by atoms with Crippen molar-refractivity contribution in [1.82, 2.24) is 0 Å². The second-order valence-electron chi connectivity index (χ2n) is 11.3. The number of aryl methyl sites for hydroxylation is 1. The molecule has 2 heteroatoms. The van der Waals surface area contributed by atoms with E-state index in [1.807, 2.05) is 0 Å².